The van der Waals surface area contributed by atoms with E-state index in [0.29, 0.717) is 10.0 Å². The van der Waals surface area contributed by atoms with Crippen molar-refractivity contribution in [1.29, 1.82) is 0 Å². The number of benzene rings is 1. The lowest BCUT2D eigenvalue weighted by Crippen LogP contribution is -2.24. The largest absolute Gasteiger partial charge is 0.305 e. The van der Waals surface area contributed by atoms with E-state index in [1.54, 1.807) is 12.1 Å². The van der Waals surface area contributed by atoms with Crippen LogP contribution in [-0.4, -0.2) is 16.1 Å². The van der Waals surface area contributed by atoms with E-state index in [1.165, 1.54) is 11.5 Å². The second-order valence-corrected chi connectivity index (χ2v) is 6.39. The van der Waals surface area contributed by atoms with Crippen LogP contribution in [0.3, 0.4) is 0 Å². The monoisotopic (exact) mass is 377 g/mol. The Kier molecular flexibility index (Phi) is 5.49. The van der Waals surface area contributed by atoms with Gasteiger partial charge in [0.15, 0.2) is 0 Å². The summed E-state index contributed by atoms with van der Waals surface area (Å²) in [6.07, 6.45) is 0.952. The third-order valence-electron chi connectivity index (χ3n) is 2.92. The maximum atomic E-state index is 14.4. The van der Waals surface area contributed by atoms with Crippen molar-refractivity contribution in [3.63, 3.8) is 0 Å². The first kappa shape index (κ1) is 15.8. The SMILES string of the molecule is CCCNC(c1ccc(Br)c(Cl)c1F)c1snnc1C. The summed E-state index contributed by atoms with van der Waals surface area (Å²) in [7, 11) is 0. The number of hydrogen-bond donors (Lipinski definition) is 1. The van der Waals surface area contributed by atoms with E-state index in [9.17, 15) is 4.39 Å². The molecule has 1 N–H and O–H groups in total. The molecule has 108 valence electrons. The van der Waals surface area contributed by atoms with Crippen LogP contribution in [0.2, 0.25) is 5.02 Å². The third kappa shape index (κ3) is 3.19. The molecule has 0 fully saturated rings. The molecule has 1 unspecified atom stereocenters. The Morgan fingerprint density at radius 1 is 1.50 bits per heavy atom. The molecule has 7 heteroatoms. The van der Waals surface area contributed by atoms with Gasteiger partial charge in [-0.15, -0.1) is 5.10 Å². The molecular weight excluding hydrogens is 365 g/mol. The van der Waals surface area contributed by atoms with Gasteiger partial charge in [0.1, 0.15) is 5.82 Å². The summed E-state index contributed by atoms with van der Waals surface area (Å²) in [5, 5.41) is 7.44. The van der Waals surface area contributed by atoms with E-state index in [2.05, 4.69) is 37.8 Å². The Balaban J connectivity index is 2.47. The Morgan fingerprint density at radius 3 is 2.85 bits per heavy atom. The molecule has 3 nitrogen and oxygen atoms in total. The maximum absolute atomic E-state index is 14.4. The molecule has 0 radical (unpaired) electrons. The molecule has 0 aliphatic carbocycles. The molecule has 0 amide bonds. The van der Waals surface area contributed by atoms with Crippen LogP contribution in [-0.2, 0) is 0 Å². The van der Waals surface area contributed by atoms with Gasteiger partial charge in [0, 0.05) is 10.0 Å². The fourth-order valence-corrected chi connectivity index (χ4v) is 3.12. The number of nitrogens with one attached hydrogen (secondary N) is 1. The zero-order valence-electron chi connectivity index (χ0n) is 11.1. The first-order valence-electron chi connectivity index (χ1n) is 6.21. The van der Waals surface area contributed by atoms with Crippen LogP contribution >= 0.6 is 39.1 Å². The van der Waals surface area contributed by atoms with Crippen molar-refractivity contribution in [1.82, 2.24) is 14.9 Å². The molecule has 1 heterocycles. The Hall–Kier alpha value is -0.560. The highest BCUT2D eigenvalue weighted by atomic mass is 79.9. The van der Waals surface area contributed by atoms with Gasteiger partial charge in [-0.3, -0.25) is 0 Å². The summed E-state index contributed by atoms with van der Waals surface area (Å²) in [5.41, 5.74) is 1.32. The molecule has 2 rings (SSSR count). The van der Waals surface area contributed by atoms with Crippen LogP contribution in [0.15, 0.2) is 16.6 Å². The van der Waals surface area contributed by atoms with Gasteiger partial charge in [0.2, 0.25) is 0 Å². The van der Waals surface area contributed by atoms with Crippen molar-refractivity contribution >= 4 is 39.1 Å². The molecule has 1 aromatic heterocycles. The number of aryl methyl sites for hydroxylation is 1. The molecule has 0 spiro atoms. The van der Waals surface area contributed by atoms with Crippen LogP contribution < -0.4 is 5.32 Å². The lowest BCUT2D eigenvalue weighted by molar-refractivity contribution is 0.549. The lowest BCUT2D eigenvalue weighted by atomic mass is 10.0. The lowest BCUT2D eigenvalue weighted by Gasteiger charge is -2.19. The van der Waals surface area contributed by atoms with Gasteiger partial charge < -0.3 is 5.32 Å². The molecule has 0 aliphatic heterocycles. The topological polar surface area (TPSA) is 37.8 Å². The minimum absolute atomic E-state index is 0.0981. The minimum Gasteiger partial charge on any atom is -0.305 e. The first-order valence-corrected chi connectivity index (χ1v) is 8.16. The highest BCUT2D eigenvalue weighted by molar-refractivity contribution is 9.10. The summed E-state index contributed by atoms with van der Waals surface area (Å²) < 4.78 is 18.9. The zero-order chi connectivity index (χ0) is 14.7. The van der Waals surface area contributed by atoms with Crippen molar-refractivity contribution in [2.24, 2.45) is 0 Å². The number of aromatic nitrogens is 2. The molecule has 1 atom stereocenters. The normalized spacial score (nSPS) is 12.7. The van der Waals surface area contributed by atoms with Crippen LogP contribution in [0.4, 0.5) is 4.39 Å². The average Bonchev–Trinajstić information content (AvgIpc) is 2.85. The predicted octanol–water partition coefficient (Wildman–Crippen LogP) is 4.49. The van der Waals surface area contributed by atoms with Crippen molar-refractivity contribution in [2.75, 3.05) is 6.54 Å². The van der Waals surface area contributed by atoms with Gasteiger partial charge in [-0.1, -0.05) is 29.1 Å². The molecule has 2 aromatic rings. The predicted molar refractivity (Wildman–Crippen MR) is 83.9 cm³/mol. The highest BCUT2D eigenvalue weighted by Crippen LogP contribution is 2.34. The Labute approximate surface area is 134 Å². The van der Waals surface area contributed by atoms with E-state index in [4.69, 9.17) is 11.6 Å². The van der Waals surface area contributed by atoms with Crippen molar-refractivity contribution in [3.05, 3.63) is 43.6 Å². The summed E-state index contributed by atoms with van der Waals surface area (Å²) in [6.45, 7) is 4.71. The summed E-state index contributed by atoms with van der Waals surface area (Å²) >= 11 is 10.5. The molecule has 0 bridgehead atoms. The number of nitrogens with zero attached hydrogens (tertiary/aromatic N) is 2. The second-order valence-electron chi connectivity index (χ2n) is 4.37. The third-order valence-corrected chi connectivity index (χ3v) is 5.07. The van der Waals surface area contributed by atoms with Gasteiger partial charge in [-0.25, -0.2) is 4.39 Å². The standard InChI is InChI=1S/C13H14BrClFN3S/c1-3-6-17-12(13-7(2)18-19-20-13)8-4-5-9(14)10(15)11(8)16/h4-5,12,17H,3,6H2,1-2H3. The van der Waals surface area contributed by atoms with Gasteiger partial charge >= 0.3 is 0 Å². The first-order chi connectivity index (χ1) is 9.56. The molecule has 0 saturated carbocycles. The van der Waals surface area contributed by atoms with E-state index >= 15 is 0 Å². The van der Waals surface area contributed by atoms with Crippen LogP contribution in [0.1, 0.15) is 35.5 Å². The van der Waals surface area contributed by atoms with Crippen LogP contribution in [0, 0.1) is 12.7 Å². The van der Waals surface area contributed by atoms with Crippen LogP contribution in [0.5, 0.6) is 0 Å². The Bertz CT molecular complexity index is 605. The number of rotatable bonds is 5. The van der Waals surface area contributed by atoms with Crippen molar-refractivity contribution in [3.8, 4) is 0 Å². The number of halogens is 3. The average molecular weight is 379 g/mol. The second kappa shape index (κ2) is 6.93. The van der Waals surface area contributed by atoms with E-state index in [-0.39, 0.29) is 11.1 Å². The fourth-order valence-electron chi connectivity index (χ4n) is 1.90. The minimum atomic E-state index is -0.414. The van der Waals surface area contributed by atoms with Crippen LogP contribution in [0.25, 0.3) is 0 Å². The van der Waals surface area contributed by atoms with E-state index in [1.807, 2.05) is 6.92 Å². The molecule has 0 aliphatic rings. The van der Waals surface area contributed by atoms with Gasteiger partial charge in [-0.05, 0) is 53.4 Å². The molecule has 0 saturated heterocycles. The number of hydrogen-bond acceptors (Lipinski definition) is 4. The summed E-state index contributed by atoms with van der Waals surface area (Å²) in [6, 6.07) is 3.21. The highest BCUT2D eigenvalue weighted by Gasteiger charge is 2.23. The van der Waals surface area contributed by atoms with Gasteiger partial charge in [0.25, 0.3) is 0 Å². The Morgan fingerprint density at radius 2 is 2.25 bits per heavy atom. The van der Waals surface area contributed by atoms with E-state index < -0.39 is 5.82 Å². The summed E-state index contributed by atoms with van der Waals surface area (Å²) in [5.74, 6) is -0.414. The summed E-state index contributed by atoms with van der Waals surface area (Å²) in [4.78, 5) is 0.913. The van der Waals surface area contributed by atoms with E-state index in [0.717, 1.165) is 23.5 Å². The quantitative estimate of drug-likeness (QED) is 0.779. The zero-order valence-corrected chi connectivity index (χ0v) is 14.2. The molecule has 1 aromatic carbocycles. The molecular formula is C13H14BrClFN3S. The maximum Gasteiger partial charge on any atom is 0.148 e. The fraction of sp³-hybridized carbons (Fsp3) is 0.385. The molecule has 20 heavy (non-hydrogen) atoms. The smallest absolute Gasteiger partial charge is 0.148 e. The van der Waals surface area contributed by atoms with Crippen molar-refractivity contribution < 1.29 is 4.39 Å². The van der Waals surface area contributed by atoms with Gasteiger partial charge in [-0.2, -0.15) is 0 Å². The van der Waals surface area contributed by atoms with Gasteiger partial charge in [0.05, 0.1) is 21.6 Å². The van der Waals surface area contributed by atoms with Crippen molar-refractivity contribution in [2.45, 2.75) is 26.3 Å².